The first-order chi connectivity index (χ1) is 10.1. The van der Waals surface area contributed by atoms with Gasteiger partial charge in [0.1, 0.15) is 5.82 Å². The molecule has 2 fully saturated rings. The number of anilines is 1. The van der Waals surface area contributed by atoms with Crippen LogP contribution in [0.4, 0.5) is 10.1 Å². The fourth-order valence-electron chi connectivity index (χ4n) is 3.71. The third kappa shape index (κ3) is 3.41. The first kappa shape index (κ1) is 14.5. The quantitative estimate of drug-likeness (QED) is 0.893. The van der Waals surface area contributed by atoms with Gasteiger partial charge in [-0.25, -0.2) is 4.39 Å². The van der Waals surface area contributed by atoms with Crippen LogP contribution in [-0.4, -0.2) is 36.5 Å². The van der Waals surface area contributed by atoms with E-state index in [9.17, 15) is 9.18 Å². The number of benzene rings is 1. The van der Waals surface area contributed by atoms with Crippen LogP contribution in [0, 0.1) is 17.7 Å². The van der Waals surface area contributed by atoms with E-state index in [1.165, 1.54) is 25.0 Å². The summed E-state index contributed by atoms with van der Waals surface area (Å²) in [6.45, 7) is 2.22. The molecule has 1 saturated carbocycles. The van der Waals surface area contributed by atoms with Gasteiger partial charge < -0.3 is 11.1 Å². The van der Waals surface area contributed by atoms with E-state index < -0.39 is 0 Å². The summed E-state index contributed by atoms with van der Waals surface area (Å²) in [6, 6.07) is 6.26. The Balaban J connectivity index is 1.54. The van der Waals surface area contributed by atoms with E-state index in [0.29, 0.717) is 24.1 Å². The standard InChI is InChI=1S/C16H22FN3O/c17-12-4-2-5-13(7-12)19-16(21)10-20-8-11-3-1-6-15(18)14(11)9-20/h2,4-5,7,11,14-15H,1,3,6,8-10,18H2,(H,19,21). The van der Waals surface area contributed by atoms with Crippen molar-refractivity contribution >= 4 is 11.6 Å². The topological polar surface area (TPSA) is 58.4 Å². The predicted octanol–water partition coefficient (Wildman–Crippen LogP) is 1.82. The fourth-order valence-corrected chi connectivity index (χ4v) is 3.71. The molecule has 21 heavy (non-hydrogen) atoms. The van der Waals surface area contributed by atoms with E-state index in [-0.39, 0.29) is 17.8 Å². The smallest absolute Gasteiger partial charge is 0.238 e. The monoisotopic (exact) mass is 291 g/mol. The van der Waals surface area contributed by atoms with Gasteiger partial charge in [0.05, 0.1) is 6.54 Å². The number of likely N-dealkylation sites (tertiary alicyclic amines) is 1. The lowest BCUT2D eigenvalue weighted by Gasteiger charge is -2.29. The molecule has 0 bridgehead atoms. The molecule has 3 rings (SSSR count). The number of halogens is 1. The van der Waals surface area contributed by atoms with Crippen LogP contribution < -0.4 is 11.1 Å². The highest BCUT2D eigenvalue weighted by Crippen LogP contribution is 2.35. The second-order valence-electron chi connectivity index (χ2n) is 6.27. The first-order valence-corrected chi connectivity index (χ1v) is 7.65. The minimum Gasteiger partial charge on any atom is -0.327 e. The van der Waals surface area contributed by atoms with Crippen LogP contribution in [0.15, 0.2) is 24.3 Å². The molecule has 1 aromatic carbocycles. The number of nitrogens with one attached hydrogen (secondary N) is 1. The summed E-state index contributed by atoms with van der Waals surface area (Å²) in [5.74, 6) is 0.732. The number of hydrogen-bond donors (Lipinski definition) is 2. The van der Waals surface area contributed by atoms with E-state index in [0.717, 1.165) is 19.5 Å². The molecule has 3 unspecified atom stereocenters. The average Bonchev–Trinajstić information content (AvgIpc) is 2.82. The van der Waals surface area contributed by atoms with E-state index in [4.69, 9.17) is 5.73 Å². The van der Waals surface area contributed by atoms with Gasteiger partial charge in [0, 0.05) is 24.8 Å². The molecule has 0 spiro atoms. The van der Waals surface area contributed by atoms with E-state index in [1.807, 2.05) is 0 Å². The van der Waals surface area contributed by atoms with Crippen LogP contribution in [0.25, 0.3) is 0 Å². The second-order valence-corrected chi connectivity index (χ2v) is 6.27. The van der Waals surface area contributed by atoms with Gasteiger partial charge in [0.15, 0.2) is 0 Å². The number of fused-ring (bicyclic) bond motifs is 1. The molecule has 1 heterocycles. The zero-order valence-electron chi connectivity index (χ0n) is 12.1. The molecule has 0 aromatic heterocycles. The highest BCUT2D eigenvalue weighted by Gasteiger charge is 2.38. The first-order valence-electron chi connectivity index (χ1n) is 7.65. The molecule has 4 nitrogen and oxygen atoms in total. The van der Waals surface area contributed by atoms with Crippen molar-refractivity contribution in [2.45, 2.75) is 25.3 Å². The molecular formula is C16H22FN3O. The van der Waals surface area contributed by atoms with Gasteiger partial charge in [-0.3, -0.25) is 9.69 Å². The maximum atomic E-state index is 13.1. The Hall–Kier alpha value is -1.46. The molecule has 3 N–H and O–H groups in total. The number of nitrogens with zero attached hydrogens (tertiary/aromatic N) is 1. The molecule has 114 valence electrons. The molecular weight excluding hydrogens is 269 g/mol. The van der Waals surface area contributed by atoms with Crippen LogP contribution in [0.1, 0.15) is 19.3 Å². The normalized spacial score (nSPS) is 29.1. The summed E-state index contributed by atoms with van der Waals surface area (Å²) in [5, 5.41) is 2.75. The Kier molecular flexibility index (Phi) is 4.22. The van der Waals surface area contributed by atoms with Crippen LogP contribution >= 0.6 is 0 Å². The maximum absolute atomic E-state index is 13.1. The van der Waals surface area contributed by atoms with Crippen LogP contribution in [0.2, 0.25) is 0 Å². The minimum absolute atomic E-state index is 0.0900. The number of amides is 1. The molecule has 5 heteroatoms. The third-order valence-electron chi connectivity index (χ3n) is 4.71. The van der Waals surface area contributed by atoms with Crippen molar-refractivity contribution in [3.8, 4) is 0 Å². The number of carbonyl (C=O) groups excluding carboxylic acids is 1. The van der Waals surface area contributed by atoms with E-state index >= 15 is 0 Å². The number of rotatable bonds is 3. The molecule has 0 radical (unpaired) electrons. The molecule has 1 saturated heterocycles. The van der Waals surface area contributed by atoms with Crippen molar-refractivity contribution in [3.05, 3.63) is 30.1 Å². The summed E-state index contributed by atoms with van der Waals surface area (Å²) in [6.07, 6.45) is 3.52. The fraction of sp³-hybridized carbons (Fsp3) is 0.562. The van der Waals surface area contributed by atoms with E-state index in [2.05, 4.69) is 10.2 Å². The van der Waals surface area contributed by atoms with Crippen LogP contribution in [0.3, 0.4) is 0 Å². The van der Waals surface area contributed by atoms with Gasteiger partial charge in [0.25, 0.3) is 0 Å². The van der Waals surface area contributed by atoms with Gasteiger partial charge in [-0.2, -0.15) is 0 Å². The van der Waals surface area contributed by atoms with Gasteiger partial charge >= 0.3 is 0 Å². The molecule has 1 aliphatic carbocycles. The molecule has 1 aromatic rings. The Morgan fingerprint density at radius 3 is 3.00 bits per heavy atom. The summed E-state index contributed by atoms with van der Waals surface area (Å²) >= 11 is 0. The Morgan fingerprint density at radius 1 is 1.38 bits per heavy atom. The van der Waals surface area contributed by atoms with Crippen LogP contribution in [0.5, 0.6) is 0 Å². The molecule has 1 aliphatic heterocycles. The zero-order chi connectivity index (χ0) is 14.8. The van der Waals surface area contributed by atoms with E-state index in [1.54, 1.807) is 12.1 Å². The Morgan fingerprint density at radius 2 is 2.24 bits per heavy atom. The third-order valence-corrected chi connectivity index (χ3v) is 4.71. The van der Waals surface area contributed by atoms with Crippen molar-refractivity contribution < 1.29 is 9.18 Å². The highest BCUT2D eigenvalue weighted by atomic mass is 19.1. The van der Waals surface area contributed by atoms with Gasteiger partial charge in [0.2, 0.25) is 5.91 Å². The van der Waals surface area contributed by atoms with Crippen molar-refractivity contribution in [3.63, 3.8) is 0 Å². The SMILES string of the molecule is NC1CCCC2CN(CC(=O)Nc3cccc(F)c3)CC12. The van der Waals surface area contributed by atoms with Gasteiger partial charge in [-0.15, -0.1) is 0 Å². The van der Waals surface area contributed by atoms with Crippen molar-refractivity contribution in [1.82, 2.24) is 4.90 Å². The lowest BCUT2D eigenvalue weighted by Crippen LogP contribution is -2.38. The maximum Gasteiger partial charge on any atom is 0.238 e. The lowest BCUT2D eigenvalue weighted by molar-refractivity contribution is -0.117. The van der Waals surface area contributed by atoms with Gasteiger partial charge in [-0.1, -0.05) is 12.5 Å². The summed E-state index contributed by atoms with van der Waals surface area (Å²) in [5.41, 5.74) is 6.69. The lowest BCUT2D eigenvalue weighted by atomic mass is 9.78. The number of hydrogen-bond acceptors (Lipinski definition) is 3. The van der Waals surface area contributed by atoms with Crippen molar-refractivity contribution in [2.75, 3.05) is 25.0 Å². The van der Waals surface area contributed by atoms with Crippen molar-refractivity contribution in [2.24, 2.45) is 17.6 Å². The predicted molar refractivity (Wildman–Crippen MR) is 80.3 cm³/mol. The Bertz CT molecular complexity index is 522. The van der Waals surface area contributed by atoms with Crippen LogP contribution in [-0.2, 0) is 4.79 Å². The largest absolute Gasteiger partial charge is 0.327 e. The number of nitrogens with two attached hydrogens (primary N) is 1. The molecule has 2 aliphatic rings. The average molecular weight is 291 g/mol. The summed E-state index contributed by atoms with van der Waals surface area (Å²) in [4.78, 5) is 14.2. The summed E-state index contributed by atoms with van der Waals surface area (Å²) in [7, 11) is 0. The Labute approximate surface area is 124 Å². The molecule has 3 atom stereocenters. The summed E-state index contributed by atoms with van der Waals surface area (Å²) < 4.78 is 13.1. The van der Waals surface area contributed by atoms with Crippen molar-refractivity contribution in [1.29, 1.82) is 0 Å². The number of carbonyl (C=O) groups is 1. The van der Waals surface area contributed by atoms with Gasteiger partial charge in [-0.05, 0) is 42.9 Å². The molecule has 1 amide bonds. The zero-order valence-corrected chi connectivity index (χ0v) is 12.1. The minimum atomic E-state index is -0.342. The second kappa shape index (κ2) is 6.12. The highest BCUT2D eigenvalue weighted by molar-refractivity contribution is 5.92.